The Hall–Kier alpha value is -4.20. The van der Waals surface area contributed by atoms with Gasteiger partial charge in [0.1, 0.15) is 19.0 Å². The quantitative estimate of drug-likeness (QED) is 0.387. The van der Waals surface area contributed by atoms with Gasteiger partial charge in [-0.2, -0.15) is 0 Å². The Balaban J connectivity index is 1.62. The molecule has 1 unspecified atom stereocenters. The topological polar surface area (TPSA) is 102 Å². The Bertz CT molecular complexity index is 1210. The number of hydrogen-bond acceptors (Lipinski definition) is 7. The van der Waals surface area contributed by atoms with E-state index in [0.29, 0.717) is 35.8 Å². The van der Waals surface area contributed by atoms with Crippen molar-refractivity contribution < 1.29 is 24.2 Å². The summed E-state index contributed by atoms with van der Waals surface area (Å²) in [6, 6.07) is 11.2. The summed E-state index contributed by atoms with van der Waals surface area (Å²) in [5, 5.41) is 11.2. The molecule has 160 valence electrons. The Morgan fingerprint density at radius 3 is 2.31 bits per heavy atom. The summed E-state index contributed by atoms with van der Waals surface area (Å²) < 4.78 is 11.1. The molecule has 3 aromatic rings. The maximum atomic E-state index is 13.1. The molecule has 1 fully saturated rings. The summed E-state index contributed by atoms with van der Waals surface area (Å²) in [4.78, 5) is 35.6. The first-order valence-electron chi connectivity index (χ1n) is 10.1. The van der Waals surface area contributed by atoms with Crippen LogP contribution in [0, 0.1) is 0 Å². The number of carbonyl (C=O) groups excluding carboxylic acids is 2. The van der Waals surface area contributed by atoms with Crippen LogP contribution in [0.2, 0.25) is 0 Å². The van der Waals surface area contributed by atoms with Crippen LogP contribution in [-0.4, -0.2) is 44.9 Å². The highest BCUT2D eigenvalue weighted by molar-refractivity contribution is 6.46. The molecule has 1 saturated heterocycles. The Labute approximate surface area is 183 Å². The van der Waals surface area contributed by atoms with Crippen molar-refractivity contribution in [3.8, 4) is 11.5 Å². The highest BCUT2D eigenvalue weighted by Gasteiger charge is 2.46. The van der Waals surface area contributed by atoms with E-state index >= 15 is 0 Å². The summed E-state index contributed by atoms with van der Waals surface area (Å²) in [5.41, 5.74) is 1.88. The number of aliphatic hydroxyl groups is 1. The second-order valence-corrected chi connectivity index (χ2v) is 7.42. The normalized spacial score (nSPS) is 19.2. The molecule has 1 N–H and O–H groups in total. The van der Waals surface area contributed by atoms with Gasteiger partial charge in [-0.3, -0.25) is 19.6 Å². The van der Waals surface area contributed by atoms with Gasteiger partial charge in [0.15, 0.2) is 11.5 Å². The smallest absolute Gasteiger partial charge is 0.295 e. The van der Waals surface area contributed by atoms with Gasteiger partial charge < -0.3 is 19.5 Å². The van der Waals surface area contributed by atoms with Crippen LogP contribution in [0.4, 0.5) is 0 Å². The van der Waals surface area contributed by atoms with Gasteiger partial charge in [0.05, 0.1) is 11.6 Å². The first-order chi connectivity index (χ1) is 15.6. The van der Waals surface area contributed by atoms with Crippen molar-refractivity contribution in [2.45, 2.75) is 12.6 Å². The van der Waals surface area contributed by atoms with Crippen LogP contribution in [0.25, 0.3) is 5.76 Å². The Morgan fingerprint density at radius 1 is 0.938 bits per heavy atom. The van der Waals surface area contributed by atoms with E-state index in [1.54, 1.807) is 67.3 Å². The molecule has 2 aromatic heterocycles. The third-order valence-electron chi connectivity index (χ3n) is 5.48. The van der Waals surface area contributed by atoms with Crippen molar-refractivity contribution >= 4 is 17.4 Å². The molecule has 8 nitrogen and oxygen atoms in total. The monoisotopic (exact) mass is 429 g/mol. The number of hydrogen-bond donors (Lipinski definition) is 1. The molecule has 0 bridgehead atoms. The predicted octanol–water partition coefficient (Wildman–Crippen LogP) is 2.87. The van der Waals surface area contributed by atoms with E-state index in [1.165, 1.54) is 4.90 Å². The fraction of sp³-hybridized carbons (Fsp3) is 0.167. The molecular weight excluding hydrogens is 410 g/mol. The van der Waals surface area contributed by atoms with Crippen LogP contribution in [0.3, 0.4) is 0 Å². The fourth-order valence-electron chi connectivity index (χ4n) is 3.97. The largest absolute Gasteiger partial charge is 0.507 e. The van der Waals surface area contributed by atoms with Crippen LogP contribution < -0.4 is 9.47 Å². The minimum atomic E-state index is -0.764. The van der Waals surface area contributed by atoms with Gasteiger partial charge in [-0.1, -0.05) is 0 Å². The van der Waals surface area contributed by atoms with Crippen LogP contribution in [0.1, 0.15) is 22.7 Å². The third kappa shape index (κ3) is 3.45. The second kappa shape index (κ2) is 8.14. The van der Waals surface area contributed by atoms with Crippen molar-refractivity contribution in [3.05, 3.63) is 89.5 Å². The molecule has 8 heteroatoms. The average molecular weight is 429 g/mol. The van der Waals surface area contributed by atoms with Gasteiger partial charge in [-0.25, -0.2) is 0 Å². The van der Waals surface area contributed by atoms with Crippen LogP contribution >= 0.6 is 0 Å². The Kier molecular flexibility index (Phi) is 5.03. The highest BCUT2D eigenvalue weighted by Crippen LogP contribution is 2.41. The molecule has 2 aliphatic heterocycles. The lowest BCUT2D eigenvalue weighted by Gasteiger charge is -2.25. The van der Waals surface area contributed by atoms with Gasteiger partial charge in [-0.15, -0.1) is 0 Å². The molecule has 0 spiro atoms. The van der Waals surface area contributed by atoms with Crippen molar-refractivity contribution in [3.63, 3.8) is 0 Å². The summed E-state index contributed by atoms with van der Waals surface area (Å²) in [6.07, 6.45) is 6.43. The van der Waals surface area contributed by atoms with E-state index < -0.39 is 17.7 Å². The molecule has 1 atom stereocenters. The van der Waals surface area contributed by atoms with Gasteiger partial charge >= 0.3 is 0 Å². The number of aromatic nitrogens is 2. The number of aliphatic hydroxyl groups excluding tert-OH is 1. The number of likely N-dealkylation sites (tertiary alicyclic amines) is 1. The zero-order valence-corrected chi connectivity index (χ0v) is 17.0. The van der Waals surface area contributed by atoms with Crippen molar-refractivity contribution in [1.29, 1.82) is 0 Å². The number of benzene rings is 1. The molecule has 0 aliphatic carbocycles. The van der Waals surface area contributed by atoms with E-state index in [0.717, 1.165) is 5.56 Å². The maximum Gasteiger partial charge on any atom is 0.295 e. The highest BCUT2D eigenvalue weighted by atomic mass is 16.6. The van der Waals surface area contributed by atoms with Gasteiger partial charge in [-0.05, 0) is 53.6 Å². The lowest BCUT2D eigenvalue weighted by molar-refractivity contribution is -0.140. The summed E-state index contributed by atoms with van der Waals surface area (Å²) in [7, 11) is 0. The minimum Gasteiger partial charge on any atom is -0.507 e. The van der Waals surface area contributed by atoms with Crippen molar-refractivity contribution in [1.82, 2.24) is 14.9 Å². The van der Waals surface area contributed by atoms with Gasteiger partial charge in [0.2, 0.25) is 0 Å². The van der Waals surface area contributed by atoms with Crippen molar-refractivity contribution in [2.24, 2.45) is 0 Å². The van der Waals surface area contributed by atoms with E-state index in [9.17, 15) is 14.7 Å². The fourth-order valence-corrected chi connectivity index (χ4v) is 3.97. The number of amides is 1. The van der Waals surface area contributed by atoms with Crippen LogP contribution in [0.15, 0.2) is 72.8 Å². The molecule has 0 saturated carbocycles. The van der Waals surface area contributed by atoms with E-state index in [-0.39, 0.29) is 17.9 Å². The van der Waals surface area contributed by atoms with E-state index in [1.807, 2.05) is 0 Å². The molecular formula is C24H19N3O5. The molecule has 1 aromatic carbocycles. The summed E-state index contributed by atoms with van der Waals surface area (Å²) in [5.74, 6) is -0.640. The number of pyridine rings is 2. The lowest BCUT2D eigenvalue weighted by atomic mass is 9.95. The molecule has 0 radical (unpaired) electrons. The molecule has 1 amide bonds. The number of nitrogens with zero attached hydrogens (tertiary/aromatic N) is 3. The van der Waals surface area contributed by atoms with E-state index in [4.69, 9.17) is 9.47 Å². The molecule has 4 heterocycles. The number of rotatable bonds is 4. The molecule has 5 rings (SSSR count). The number of ketones is 1. The molecule has 32 heavy (non-hydrogen) atoms. The second-order valence-electron chi connectivity index (χ2n) is 7.42. The van der Waals surface area contributed by atoms with Crippen LogP contribution in [-0.2, 0) is 16.1 Å². The predicted molar refractivity (Wildman–Crippen MR) is 114 cm³/mol. The minimum absolute atomic E-state index is 0.0203. The standard InChI is InChI=1S/C24H19N3O5/c28-22(17-1-2-18-19(13-17)32-12-11-31-18)20-21(16-5-9-26-10-6-16)27(24(30)23(20)29)14-15-3-7-25-8-4-15/h1-10,13,21,28H,11-12,14H2/b22-20+. The number of Topliss-reactive ketones (excluding diaryl/α,β-unsaturated/α-hetero) is 1. The SMILES string of the molecule is O=C1C(=O)N(Cc2ccncc2)C(c2ccncc2)/C1=C(\O)c1ccc2c(c1)OCCO2. The average Bonchev–Trinajstić information content (AvgIpc) is 3.09. The first-order valence-corrected chi connectivity index (χ1v) is 10.1. The van der Waals surface area contributed by atoms with Crippen LogP contribution in [0.5, 0.6) is 11.5 Å². The maximum absolute atomic E-state index is 13.1. The van der Waals surface area contributed by atoms with Crippen molar-refractivity contribution in [2.75, 3.05) is 13.2 Å². The van der Waals surface area contributed by atoms with E-state index in [2.05, 4.69) is 9.97 Å². The number of carbonyl (C=O) groups is 2. The first kappa shape index (κ1) is 19.7. The zero-order valence-electron chi connectivity index (χ0n) is 17.0. The van der Waals surface area contributed by atoms with Gasteiger partial charge in [0.25, 0.3) is 11.7 Å². The third-order valence-corrected chi connectivity index (χ3v) is 5.48. The number of ether oxygens (including phenoxy) is 2. The Morgan fingerprint density at radius 2 is 1.59 bits per heavy atom. The zero-order chi connectivity index (χ0) is 22.1. The lowest BCUT2D eigenvalue weighted by Crippen LogP contribution is -2.29. The summed E-state index contributed by atoms with van der Waals surface area (Å²) >= 11 is 0. The molecule has 2 aliphatic rings. The summed E-state index contributed by atoms with van der Waals surface area (Å²) in [6.45, 7) is 1.03. The number of fused-ring (bicyclic) bond motifs is 1. The van der Waals surface area contributed by atoms with Gasteiger partial charge in [0, 0.05) is 36.9 Å².